The van der Waals surface area contributed by atoms with Crippen molar-refractivity contribution >= 4 is 18.6 Å². The molecular weight excluding hydrogens is 287 g/mol. The van der Waals surface area contributed by atoms with Gasteiger partial charge < -0.3 is 9.26 Å². The van der Waals surface area contributed by atoms with Crippen LogP contribution in [0.25, 0.3) is 0 Å². The van der Waals surface area contributed by atoms with Crippen molar-refractivity contribution in [3.8, 4) is 0 Å². The third kappa shape index (κ3) is 4.69. The van der Waals surface area contributed by atoms with Crippen LogP contribution in [0.3, 0.4) is 0 Å². The van der Waals surface area contributed by atoms with Gasteiger partial charge in [-0.15, -0.1) is 0 Å². The first-order valence-corrected chi connectivity index (χ1v) is 9.14. The van der Waals surface area contributed by atoms with E-state index in [2.05, 4.69) is 0 Å². The van der Waals surface area contributed by atoms with Crippen LogP contribution in [0.1, 0.15) is 40.5 Å². The molecule has 4 nitrogen and oxygen atoms in total. The van der Waals surface area contributed by atoms with Gasteiger partial charge in [-0.2, -0.15) is 0 Å². The lowest BCUT2D eigenvalue weighted by atomic mass is 10.2. The van der Waals surface area contributed by atoms with E-state index in [0.717, 1.165) is 0 Å². The SMILES string of the molecule is CCCC(=O)OC(C(C)C)P(=O)(OCC)c1ccccc1. The van der Waals surface area contributed by atoms with Crippen molar-refractivity contribution < 1.29 is 18.6 Å². The number of hydrogen-bond donors (Lipinski definition) is 0. The third-order valence-corrected chi connectivity index (χ3v) is 6.08. The summed E-state index contributed by atoms with van der Waals surface area (Å²) in [6.45, 7) is 7.78. The first kappa shape index (κ1) is 17.9. The quantitative estimate of drug-likeness (QED) is 0.539. The van der Waals surface area contributed by atoms with E-state index < -0.39 is 13.2 Å². The van der Waals surface area contributed by atoms with Gasteiger partial charge in [0.2, 0.25) is 0 Å². The van der Waals surface area contributed by atoms with Gasteiger partial charge in [0.1, 0.15) is 0 Å². The summed E-state index contributed by atoms with van der Waals surface area (Å²) >= 11 is 0. The second-order valence-corrected chi connectivity index (χ2v) is 7.70. The Morgan fingerprint density at radius 3 is 2.29 bits per heavy atom. The van der Waals surface area contributed by atoms with Gasteiger partial charge in [-0.3, -0.25) is 9.36 Å². The number of benzene rings is 1. The highest BCUT2D eigenvalue weighted by atomic mass is 31.2. The van der Waals surface area contributed by atoms with Crippen molar-refractivity contribution in [1.82, 2.24) is 0 Å². The van der Waals surface area contributed by atoms with Crippen molar-refractivity contribution in [2.75, 3.05) is 6.61 Å². The van der Waals surface area contributed by atoms with E-state index in [1.807, 2.05) is 39.0 Å². The Labute approximate surface area is 127 Å². The molecule has 0 bridgehead atoms. The van der Waals surface area contributed by atoms with Crippen LogP contribution >= 0.6 is 7.37 Å². The molecule has 2 atom stereocenters. The maximum absolute atomic E-state index is 13.4. The fourth-order valence-corrected chi connectivity index (χ4v) is 4.72. The molecule has 0 saturated heterocycles. The second-order valence-electron chi connectivity index (χ2n) is 5.22. The van der Waals surface area contributed by atoms with Crippen LogP contribution in [-0.4, -0.2) is 18.4 Å². The van der Waals surface area contributed by atoms with Crippen molar-refractivity contribution in [2.24, 2.45) is 5.92 Å². The standard InChI is InChI=1S/C16H25O4P/c1-5-10-15(17)20-16(13(3)4)21(18,19-6-2)14-11-8-7-9-12-14/h7-9,11-13,16H,5-6,10H2,1-4H3. The Kier molecular flexibility index (Phi) is 7.13. The Morgan fingerprint density at radius 1 is 1.19 bits per heavy atom. The van der Waals surface area contributed by atoms with E-state index in [1.165, 1.54) is 0 Å². The predicted molar refractivity (Wildman–Crippen MR) is 84.9 cm³/mol. The molecule has 21 heavy (non-hydrogen) atoms. The zero-order valence-electron chi connectivity index (χ0n) is 13.2. The molecule has 0 N–H and O–H groups in total. The van der Waals surface area contributed by atoms with Gasteiger partial charge >= 0.3 is 5.97 Å². The number of rotatable bonds is 8. The average molecular weight is 312 g/mol. The highest BCUT2D eigenvalue weighted by Crippen LogP contribution is 2.53. The average Bonchev–Trinajstić information content (AvgIpc) is 2.46. The summed E-state index contributed by atoms with van der Waals surface area (Å²) in [6.07, 6.45) is 1.03. The second kappa shape index (κ2) is 8.35. The minimum absolute atomic E-state index is 0.0941. The molecule has 0 aromatic heterocycles. The zero-order valence-corrected chi connectivity index (χ0v) is 14.1. The third-order valence-electron chi connectivity index (χ3n) is 3.05. The van der Waals surface area contributed by atoms with Gasteiger partial charge in [-0.25, -0.2) is 0 Å². The van der Waals surface area contributed by atoms with E-state index in [9.17, 15) is 9.36 Å². The molecule has 1 rings (SSSR count). The van der Waals surface area contributed by atoms with Crippen LogP contribution in [0.4, 0.5) is 0 Å². The van der Waals surface area contributed by atoms with E-state index in [0.29, 0.717) is 24.8 Å². The predicted octanol–water partition coefficient (Wildman–Crippen LogP) is 3.95. The van der Waals surface area contributed by atoms with Gasteiger partial charge in [0.25, 0.3) is 7.37 Å². The molecule has 0 spiro atoms. The van der Waals surface area contributed by atoms with Crippen molar-refractivity contribution in [1.29, 1.82) is 0 Å². The zero-order chi connectivity index (χ0) is 15.9. The maximum atomic E-state index is 13.4. The van der Waals surface area contributed by atoms with Gasteiger partial charge in [0, 0.05) is 17.6 Å². The van der Waals surface area contributed by atoms with Crippen molar-refractivity contribution in [2.45, 2.75) is 46.4 Å². The fourth-order valence-electron chi connectivity index (χ4n) is 2.12. The lowest BCUT2D eigenvalue weighted by Crippen LogP contribution is -2.29. The summed E-state index contributed by atoms with van der Waals surface area (Å²) in [7, 11) is -3.26. The first-order chi connectivity index (χ1) is 9.95. The normalized spacial score (nSPS) is 15.5. The molecule has 118 valence electrons. The van der Waals surface area contributed by atoms with Crippen LogP contribution in [0.15, 0.2) is 30.3 Å². The molecular formula is C16H25O4P. The van der Waals surface area contributed by atoms with Gasteiger partial charge in [-0.1, -0.05) is 39.0 Å². The van der Waals surface area contributed by atoms with Crippen LogP contribution in [0.2, 0.25) is 0 Å². The maximum Gasteiger partial charge on any atom is 0.306 e. The number of esters is 1. The van der Waals surface area contributed by atoms with Crippen molar-refractivity contribution in [3.63, 3.8) is 0 Å². The molecule has 0 saturated carbocycles. The van der Waals surface area contributed by atoms with E-state index in [-0.39, 0.29) is 11.9 Å². The number of ether oxygens (including phenoxy) is 1. The molecule has 0 aliphatic rings. The van der Waals surface area contributed by atoms with E-state index >= 15 is 0 Å². The van der Waals surface area contributed by atoms with Gasteiger partial charge in [-0.05, 0) is 25.5 Å². The molecule has 0 fully saturated rings. The Morgan fingerprint density at radius 2 is 1.81 bits per heavy atom. The monoisotopic (exact) mass is 312 g/mol. The summed E-state index contributed by atoms with van der Waals surface area (Å²) in [5.41, 5.74) is 0. The minimum Gasteiger partial charge on any atom is -0.451 e. The van der Waals surface area contributed by atoms with Crippen LogP contribution < -0.4 is 5.30 Å². The molecule has 0 aliphatic heterocycles. The topological polar surface area (TPSA) is 52.6 Å². The lowest BCUT2D eigenvalue weighted by Gasteiger charge is -2.30. The van der Waals surface area contributed by atoms with E-state index in [4.69, 9.17) is 9.26 Å². The Bertz CT molecular complexity index is 484. The molecule has 0 amide bonds. The molecule has 0 aliphatic carbocycles. The summed E-state index contributed by atoms with van der Waals surface area (Å²) < 4.78 is 24.5. The van der Waals surface area contributed by atoms with Crippen molar-refractivity contribution in [3.05, 3.63) is 30.3 Å². The number of hydrogen-bond acceptors (Lipinski definition) is 4. The number of carbonyl (C=O) groups is 1. The molecule has 5 heteroatoms. The van der Waals surface area contributed by atoms with Crippen LogP contribution in [0.5, 0.6) is 0 Å². The summed E-state index contributed by atoms with van der Waals surface area (Å²) in [6, 6.07) is 9.00. The van der Waals surface area contributed by atoms with Crippen LogP contribution in [-0.2, 0) is 18.6 Å². The highest BCUT2D eigenvalue weighted by Gasteiger charge is 2.41. The smallest absolute Gasteiger partial charge is 0.306 e. The lowest BCUT2D eigenvalue weighted by molar-refractivity contribution is -0.147. The molecule has 0 radical (unpaired) electrons. The van der Waals surface area contributed by atoms with Gasteiger partial charge in [0.15, 0.2) is 5.85 Å². The Balaban J connectivity index is 3.14. The molecule has 1 aromatic carbocycles. The molecule has 1 aromatic rings. The van der Waals surface area contributed by atoms with Crippen LogP contribution in [0, 0.1) is 5.92 Å². The fraction of sp³-hybridized carbons (Fsp3) is 0.562. The Hall–Kier alpha value is -1.12. The summed E-state index contributed by atoms with van der Waals surface area (Å²) in [5, 5.41) is 0.592. The van der Waals surface area contributed by atoms with Gasteiger partial charge in [0.05, 0.1) is 6.61 Å². The largest absolute Gasteiger partial charge is 0.451 e. The number of carbonyl (C=O) groups excluding carboxylic acids is 1. The minimum atomic E-state index is -3.26. The summed E-state index contributed by atoms with van der Waals surface area (Å²) in [4.78, 5) is 11.8. The van der Waals surface area contributed by atoms with E-state index in [1.54, 1.807) is 19.1 Å². The molecule has 2 unspecified atom stereocenters. The molecule has 0 heterocycles. The summed E-state index contributed by atoms with van der Waals surface area (Å²) in [5.74, 6) is -1.17. The first-order valence-electron chi connectivity index (χ1n) is 7.45. The highest BCUT2D eigenvalue weighted by molar-refractivity contribution is 7.67.